The van der Waals surface area contributed by atoms with Crippen molar-refractivity contribution in [1.82, 2.24) is 4.98 Å². The first kappa shape index (κ1) is 14.9. The second-order valence-electron chi connectivity index (χ2n) is 5.19. The Kier molecular flexibility index (Phi) is 4.34. The van der Waals surface area contributed by atoms with Gasteiger partial charge in [0.25, 0.3) is 0 Å². The maximum atomic E-state index is 4.76. The van der Waals surface area contributed by atoms with Gasteiger partial charge in [0.05, 0.1) is 5.52 Å². The highest BCUT2D eigenvalue weighted by Gasteiger charge is 2.09. The number of pyridine rings is 2. The SMILES string of the molecule is [I-].c1ccc2nc(C[n+]3cccc4ccccc43)ccc2c1. The average Bonchev–Trinajstić information content (AvgIpc) is 2.55. The van der Waals surface area contributed by atoms with Crippen molar-refractivity contribution >= 4 is 21.8 Å². The van der Waals surface area contributed by atoms with E-state index < -0.39 is 0 Å². The van der Waals surface area contributed by atoms with Gasteiger partial charge < -0.3 is 24.0 Å². The van der Waals surface area contributed by atoms with Gasteiger partial charge in [0.15, 0.2) is 12.7 Å². The monoisotopic (exact) mass is 398 g/mol. The van der Waals surface area contributed by atoms with E-state index in [4.69, 9.17) is 4.98 Å². The average molecular weight is 398 g/mol. The van der Waals surface area contributed by atoms with Gasteiger partial charge in [-0.1, -0.05) is 36.4 Å². The largest absolute Gasteiger partial charge is 1.00 e. The lowest BCUT2D eigenvalue weighted by atomic mass is 10.2. The number of rotatable bonds is 2. The van der Waals surface area contributed by atoms with Crippen LogP contribution in [-0.4, -0.2) is 4.98 Å². The van der Waals surface area contributed by atoms with Crippen LogP contribution in [0, 0.1) is 0 Å². The Balaban J connectivity index is 0.00000144. The molecule has 0 N–H and O–H groups in total. The number of hydrogen-bond acceptors (Lipinski definition) is 1. The Morgan fingerprint density at radius 1 is 0.727 bits per heavy atom. The van der Waals surface area contributed by atoms with Gasteiger partial charge in [0.1, 0.15) is 5.69 Å². The quantitative estimate of drug-likeness (QED) is 0.360. The second kappa shape index (κ2) is 6.40. The maximum absolute atomic E-state index is 4.76. The lowest BCUT2D eigenvalue weighted by Crippen LogP contribution is -3.00. The van der Waals surface area contributed by atoms with Gasteiger partial charge in [0, 0.05) is 22.9 Å². The molecular formula is C19H15IN2. The minimum atomic E-state index is 0. The molecule has 0 radical (unpaired) electrons. The van der Waals surface area contributed by atoms with Crippen LogP contribution in [0.3, 0.4) is 0 Å². The first-order chi connectivity index (χ1) is 10.4. The lowest BCUT2D eigenvalue weighted by molar-refractivity contribution is -0.662. The fourth-order valence-corrected chi connectivity index (χ4v) is 2.73. The van der Waals surface area contributed by atoms with Crippen LogP contribution in [0.1, 0.15) is 5.69 Å². The molecule has 0 fully saturated rings. The van der Waals surface area contributed by atoms with Gasteiger partial charge >= 0.3 is 0 Å². The zero-order valence-corrected chi connectivity index (χ0v) is 14.1. The molecule has 0 aliphatic carbocycles. The summed E-state index contributed by atoms with van der Waals surface area (Å²) in [6.45, 7) is 0.784. The summed E-state index contributed by atoms with van der Waals surface area (Å²) >= 11 is 0. The first-order valence-corrected chi connectivity index (χ1v) is 7.12. The van der Waals surface area contributed by atoms with Gasteiger partial charge in [-0.15, -0.1) is 0 Å². The van der Waals surface area contributed by atoms with Gasteiger partial charge in [-0.25, -0.2) is 4.98 Å². The van der Waals surface area contributed by atoms with Crippen molar-refractivity contribution in [2.75, 3.05) is 0 Å². The molecule has 0 aliphatic heterocycles. The smallest absolute Gasteiger partial charge is 0.212 e. The van der Waals surface area contributed by atoms with Crippen molar-refractivity contribution in [3.63, 3.8) is 0 Å². The molecule has 0 amide bonds. The molecule has 3 heteroatoms. The van der Waals surface area contributed by atoms with Crippen molar-refractivity contribution in [3.8, 4) is 0 Å². The molecule has 0 unspecified atom stereocenters. The highest BCUT2D eigenvalue weighted by molar-refractivity contribution is 5.78. The molecule has 0 spiro atoms. The molecule has 2 nitrogen and oxygen atoms in total. The molecule has 108 valence electrons. The summed E-state index contributed by atoms with van der Waals surface area (Å²) in [5, 5.41) is 2.44. The highest BCUT2D eigenvalue weighted by atomic mass is 127. The predicted octanol–water partition coefficient (Wildman–Crippen LogP) is 0.728. The minimum absolute atomic E-state index is 0. The molecule has 4 aromatic rings. The third-order valence-corrected chi connectivity index (χ3v) is 3.78. The number of halogens is 1. The Bertz CT molecular complexity index is 929. The summed E-state index contributed by atoms with van der Waals surface area (Å²) in [6, 6.07) is 25.1. The first-order valence-electron chi connectivity index (χ1n) is 7.12. The van der Waals surface area contributed by atoms with Crippen molar-refractivity contribution in [2.24, 2.45) is 0 Å². The molecule has 0 atom stereocenters. The van der Waals surface area contributed by atoms with E-state index >= 15 is 0 Å². The Hall–Kier alpha value is -2.01. The Morgan fingerprint density at radius 2 is 1.45 bits per heavy atom. The molecule has 0 saturated heterocycles. The number of nitrogens with zero attached hydrogens (tertiary/aromatic N) is 2. The normalized spacial score (nSPS) is 10.5. The molecule has 2 aromatic carbocycles. The van der Waals surface area contributed by atoms with E-state index in [1.54, 1.807) is 0 Å². The third kappa shape index (κ3) is 2.81. The fraction of sp³-hybridized carbons (Fsp3) is 0.0526. The second-order valence-corrected chi connectivity index (χ2v) is 5.19. The summed E-state index contributed by atoms with van der Waals surface area (Å²) in [5.74, 6) is 0. The summed E-state index contributed by atoms with van der Waals surface area (Å²) in [4.78, 5) is 4.76. The highest BCUT2D eigenvalue weighted by Crippen LogP contribution is 2.13. The number of para-hydroxylation sites is 2. The minimum Gasteiger partial charge on any atom is -1.00 e. The molecule has 22 heavy (non-hydrogen) atoms. The van der Waals surface area contributed by atoms with Crippen molar-refractivity contribution in [1.29, 1.82) is 0 Å². The molecular weight excluding hydrogens is 383 g/mol. The predicted molar refractivity (Wildman–Crippen MR) is 85.0 cm³/mol. The third-order valence-electron chi connectivity index (χ3n) is 3.78. The lowest BCUT2D eigenvalue weighted by Gasteiger charge is -2.03. The fourth-order valence-electron chi connectivity index (χ4n) is 2.73. The molecule has 0 saturated carbocycles. The maximum Gasteiger partial charge on any atom is 0.212 e. The summed E-state index contributed by atoms with van der Waals surface area (Å²) < 4.78 is 2.24. The number of benzene rings is 2. The zero-order valence-electron chi connectivity index (χ0n) is 12.0. The van der Waals surface area contributed by atoms with E-state index in [0.717, 1.165) is 17.8 Å². The number of fused-ring (bicyclic) bond motifs is 2. The molecule has 0 aliphatic rings. The van der Waals surface area contributed by atoms with Crippen LogP contribution in [0.15, 0.2) is 79.0 Å². The van der Waals surface area contributed by atoms with Gasteiger partial charge in [0.2, 0.25) is 5.52 Å². The van der Waals surface area contributed by atoms with E-state index in [9.17, 15) is 0 Å². The molecule has 2 aromatic heterocycles. The summed E-state index contributed by atoms with van der Waals surface area (Å²) in [5.41, 5.74) is 3.36. The van der Waals surface area contributed by atoms with Gasteiger partial charge in [-0.05, 0) is 24.3 Å². The molecule has 0 bridgehead atoms. The number of hydrogen-bond donors (Lipinski definition) is 0. The zero-order chi connectivity index (χ0) is 14.1. The number of aromatic nitrogens is 2. The van der Waals surface area contributed by atoms with Crippen molar-refractivity contribution < 1.29 is 28.5 Å². The van der Waals surface area contributed by atoms with Crippen molar-refractivity contribution in [3.05, 3.63) is 84.7 Å². The van der Waals surface area contributed by atoms with E-state index in [-0.39, 0.29) is 24.0 Å². The Morgan fingerprint density at radius 3 is 2.36 bits per heavy atom. The Labute approximate surface area is 146 Å². The summed E-state index contributed by atoms with van der Waals surface area (Å²) in [6.07, 6.45) is 2.11. The molecule has 2 heterocycles. The van der Waals surface area contributed by atoms with E-state index in [1.807, 2.05) is 12.1 Å². The van der Waals surface area contributed by atoms with Crippen LogP contribution in [0.4, 0.5) is 0 Å². The van der Waals surface area contributed by atoms with Gasteiger partial charge in [-0.2, -0.15) is 4.57 Å². The van der Waals surface area contributed by atoms with E-state index in [0.29, 0.717) is 0 Å². The molecule has 4 rings (SSSR count). The van der Waals surface area contributed by atoms with Crippen molar-refractivity contribution in [2.45, 2.75) is 6.54 Å². The van der Waals surface area contributed by atoms with Crippen LogP contribution in [-0.2, 0) is 6.54 Å². The van der Waals surface area contributed by atoms with Crippen LogP contribution < -0.4 is 28.5 Å². The van der Waals surface area contributed by atoms with Crippen LogP contribution in [0.2, 0.25) is 0 Å². The van der Waals surface area contributed by atoms with Crippen LogP contribution in [0.25, 0.3) is 21.8 Å². The van der Waals surface area contributed by atoms with E-state index in [2.05, 4.69) is 71.4 Å². The van der Waals surface area contributed by atoms with E-state index in [1.165, 1.54) is 16.3 Å². The standard InChI is InChI=1S/C19H15N2.HI/c1-3-9-18-15(6-1)11-12-17(20-18)14-21-13-5-8-16-7-2-4-10-19(16)21;/h1-13H,14H2;1H/q+1;/p-1. The van der Waals surface area contributed by atoms with Gasteiger partial charge in [-0.3, -0.25) is 0 Å². The topological polar surface area (TPSA) is 16.8 Å². The summed E-state index contributed by atoms with van der Waals surface area (Å²) in [7, 11) is 0. The van der Waals surface area contributed by atoms with Crippen LogP contribution in [0.5, 0.6) is 0 Å². The van der Waals surface area contributed by atoms with Crippen LogP contribution >= 0.6 is 0 Å².